The van der Waals surface area contributed by atoms with Crippen molar-refractivity contribution in [1.82, 2.24) is 4.98 Å². The summed E-state index contributed by atoms with van der Waals surface area (Å²) < 4.78 is 0. The van der Waals surface area contributed by atoms with E-state index >= 15 is 0 Å². The number of rotatable bonds is 5. The molecule has 0 aliphatic heterocycles. The molecule has 6 aromatic rings. The number of hydrogen-bond acceptors (Lipinski definition) is 2. The molecule has 0 fully saturated rings. The molecular formula is C39H28N2. The first-order valence-corrected chi connectivity index (χ1v) is 13.9. The highest BCUT2D eigenvalue weighted by Gasteiger charge is 2.15. The Labute approximate surface area is 241 Å². The van der Waals surface area contributed by atoms with E-state index in [9.17, 15) is 0 Å². The minimum atomic E-state index is 0.878. The molecule has 41 heavy (non-hydrogen) atoms. The van der Waals surface area contributed by atoms with Crippen molar-refractivity contribution >= 4 is 28.8 Å². The van der Waals surface area contributed by atoms with Gasteiger partial charge in [-0.15, -0.1) is 0 Å². The van der Waals surface area contributed by atoms with Gasteiger partial charge in [0.25, 0.3) is 0 Å². The molecule has 0 saturated heterocycles. The standard InChI is InChI=1S/C39H28N2/c1-2-10-29(11-3-1)30-19-23-35(24-20-30)41(39-18-6-7-27-40-39)36-25-21-32(22-26-36)38-17-9-13-31-12-4-5-16-37(31)33-14-8-15-34(38)28-33/h1-28H/b13-9+,38-17-. The Bertz CT molecular complexity index is 1850. The molecule has 0 amide bonds. The minimum absolute atomic E-state index is 0.878. The van der Waals surface area contributed by atoms with Gasteiger partial charge in [0.1, 0.15) is 5.82 Å². The smallest absolute Gasteiger partial charge is 0.137 e. The van der Waals surface area contributed by atoms with E-state index in [1.807, 2.05) is 30.5 Å². The van der Waals surface area contributed by atoms with Crippen molar-refractivity contribution < 1.29 is 0 Å². The van der Waals surface area contributed by atoms with E-state index in [-0.39, 0.29) is 0 Å². The predicted octanol–water partition coefficient (Wildman–Crippen LogP) is 10.3. The highest BCUT2D eigenvalue weighted by molar-refractivity contribution is 5.87. The molecule has 1 aliphatic carbocycles. The summed E-state index contributed by atoms with van der Waals surface area (Å²) in [5, 5.41) is 0. The maximum atomic E-state index is 4.70. The van der Waals surface area contributed by atoms with Gasteiger partial charge in [-0.1, -0.05) is 121 Å². The van der Waals surface area contributed by atoms with E-state index in [2.05, 4.69) is 144 Å². The van der Waals surface area contributed by atoms with Crippen molar-refractivity contribution in [2.24, 2.45) is 0 Å². The van der Waals surface area contributed by atoms with E-state index < -0.39 is 0 Å². The Balaban J connectivity index is 1.26. The molecule has 0 unspecified atom stereocenters. The average molecular weight is 525 g/mol. The van der Waals surface area contributed by atoms with Crippen molar-refractivity contribution in [2.75, 3.05) is 4.90 Å². The molecule has 7 rings (SSSR count). The van der Waals surface area contributed by atoms with Gasteiger partial charge in [-0.2, -0.15) is 0 Å². The maximum Gasteiger partial charge on any atom is 0.137 e. The van der Waals surface area contributed by atoms with Gasteiger partial charge in [-0.25, -0.2) is 4.98 Å². The van der Waals surface area contributed by atoms with Crippen LogP contribution in [-0.4, -0.2) is 4.98 Å². The Morgan fingerprint density at radius 2 is 1.10 bits per heavy atom. The SMILES string of the molecule is C1=C(/c2ccc(N(c3ccc(-c4ccccc4)cc3)c3ccccn3)cc2)c2cccc(c2)-c2ccccc2/C=C/1. The van der Waals surface area contributed by atoms with Gasteiger partial charge in [-0.3, -0.25) is 4.90 Å². The third kappa shape index (κ3) is 4.99. The van der Waals surface area contributed by atoms with Crippen molar-refractivity contribution in [3.8, 4) is 22.3 Å². The van der Waals surface area contributed by atoms with Crippen LogP contribution in [0.3, 0.4) is 0 Å². The maximum absolute atomic E-state index is 4.70. The van der Waals surface area contributed by atoms with E-state index in [1.54, 1.807) is 0 Å². The zero-order chi connectivity index (χ0) is 27.4. The van der Waals surface area contributed by atoms with E-state index in [4.69, 9.17) is 4.98 Å². The van der Waals surface area contributed by atoms with Crippen LogP contribution in [0.2, 0.25) is 0 Å². The molecule has 5 aromatic carbocycles. The highest BCUT2D eigenvalue weighted by atomic mass is 15.2. The van der Waals surface area contributed by atoms with Crippen LogP contribution >= 0.6 is 0 Å². The van der Waals surface area contributed by atoms with Crippen LogP contribution in [0, 0.1) is 0 Å². The largest absolute Gasteiger partial charge is 0.295 e. The van der Waals surface area contributed by atoms with Crippen LogP contribution in [0.15, 0.2) is 164 Å². The van der Waals surface area contributed by atoms with Gasteiger partial charge < -0.3 is 0 Å². The Morgan fingerprint density at radius 1 is 0.463 bits per heavy atom. The average Bonchev–Trinajstić information content (AvgIpc) is 3.10. The summed E-state index contributed by atoms with van der Waals surface area (Å²) in [5.41, 5.74) is 11.8. The fourth-order valence-electron chi connectivity index (χ4n) is 5.49. The monoisotopic (exact) mass is 524 g/mol. The molecule has 0 N–H and O–H groups in total. The summed E-state index contributed by atoms with van der Waals surface area (Å²) in [6.45, 7) is 0. The second kappa shape index (κ2) is 11.0. The van der Waals surface area contributed by atoms with Gasteiger partial charge in [0, 0.05) is 17.6 Å². The molecular weight excluding hydrogens is 496 g/mol. The van der Waals surface area contributed by atoms with Crippen LogP contribution < -0.4 is 4.90 Å². The summed E-state index contributed by atoms with van der Waals surface area (Å²) in [5.74, 6) is 0.878. The number of pyridine rings is 1. The normalized spacial score (nSPS) is 14.0. The predicted molar refractivity (Wildman–Crippen MR) is 172 cm³/mol. The molecule has 0 spiro atoms. The summed E-state index contributed by atoms with van der Waals surface area (Å²) in [6.07, 6.45) is 8.41. The number of anilines is 3. The third-order valence-corrected chi connectivity index (χ3v) is 7.53. The summed E-state index contributed by atoms with van der Waals surface area (Å²) in [4.78, 5) is 6.90. The molecule has 1 heterocycles. The number of allylic oxidation sites excluding steroid dienone is 2. The first-order valence-electron chi connectivity index (χ1n) is 13.9. The minimum Gasteiger partial charge on any atom is -0.295 e. The molecule has 1 aliphatic rings. The summed E-state index contributed by atoms with van der Waals surface area (Å²) in [6, 6.07) is 51.4. The van der Waals surface area contributed by atoms with Crippen LogP contribution in [-0.2, 0) is 0 Å². The molecule has 1 aromatic heterocycles. The fourth-order valence-corrected chi connectivity index (χ4v) is 5.49. The molecule has 0 atom stereocenters. The van der Waals surface area contributed by atoms with Gasteiger partial charge in [0.15, 0.2) is 0 Å². The lowest BCUT2D eigenvalue weighted by atomic mass is 9.94. The van der Waals surface area contributed by atoms with E-state index in [0.717, 1.165) is 17.2 Å². The van der Waals surface area contributed by atoms with Crippen LogP contribution in [0.25, 0.3) is 33.9 Å². The lowest BCUT2D eigenvalue weighted by Gasteiger charge is -2.25. The van der Waals surface area contributed by atoms with Gasteiger partial charge >= 0.3 is 0 Å². The molecule has 194 valence electrons. The lowest BCUT2D eigenvalue weighted by Crippen LogP contribution is -2.11. The Morgan fingerprint density at radius 3 is 1.85 bits per heavy atom. The van der Waals surface area contributed by atoms with Crippen LogP contribution in [0.1, 0.15) is 16.7 Å². The number of nitrogens with zero attached hydrogens (tertiary/aromatic N) is 2. The second-order valence-electron chi connectivity index (χ2n) is 10.1. The van der Waals surface area contributed by atoms with E-state index in [0.29, 0.717) is 0 Å². The van der Waals surface area contributed by atoms with Crippen LogP contribution in [0.4, 0.5) is 17.2 Å². The van der Waals surface area contributed by atoms with E-state index in [1.165, 1.54) is 44.5 Å². The summed E-state index contributed by atoms with van der Waals surface area (Å²) >= 11 is 0. The fraction of sp³-hybridized carbons (Fsp3) is 0. The number of aromatic nitrogens is 1. The van der Waals surface area contributed by atoms with Gasteiger partial charge in [0.05, 0.1) is 0 Å². The number of hydrogen-bond donors (Lipinski definition) is 0. The summed E-state index contributed by atoms with van der Waals surface area (Å²) in [7, 11) is 0. The second-order valence-corrected chi connectivity index (χ2v) is 10.1. The first kappa shape index (κ1) is 24.6. The van der Waals surface area contributed by atoms with Crippen molar-refractivity contribution in [3.63, 3.8) is 0 Å². The lowest BCUT2D eigenvalue weighted by molar-refractivity contribution is 1.18. The van der Waals surface area contributed by atoms with Crippen molar-refractivity contribution in [2.45, 2.75) is 0 Å². The zero-order valence-corrected chi connectivity index (χ0v) is 22.6. The molecule has 0 radical (unpaired) electrons. The quantitative estimate of drug-likeness (QED) is 0.223. The Hall–Kier alpha value is -5.47. The molecule has 0 saturated carbocycles. The van der Waals surface area contributed by atoms with Crippen molar-refractivity contribution in [1.29, 1.82) is 0 Å². The highest BCUT2D eigenvalue weighted by Crippen LogP contribution is 2.37. The van der Waals surface area contributed by atoms with Gasteiger partial charge in [-0.05, 0) is 87.0 Å². The Kier molecular flexibility index (Phi) is 6.56. The first-order chi connectivity index (χ1) is 20.3. The molecule has 2 nitrogen and oxygen atoms in total. The third-order valence-electron chi connectivity index (χ3n) is 7.53. The molecule has 2 bridgehead atoms. The molecule has 2 heteroatoms. The number of fused-ring (bicyclic) bond motifs is 4. The van der Waals surface area contributed by atoms with Crippen molar-refractivity contribution in [3.05, 3.63) is 181 Å². The zero-order valence-electron chi connectivity index (χ0n) is 22.6. The topological polar surface area (TPSA) is 16.1 Å². The van der Waals surface area contributed by atoms with Crippen LogP contribution in [0.5, 0.6) is 0 Å². The number of benzene rings is 5. The van der Waals surface area contributed by atoms with Gasteiger partial charge in [0.2, 0.25) is 0 Å².